The molecule has 0 spiro atoms. The molecule has 2 rings (SSSR count). The number of nitrogens with two attached hydrogens (primary N) is 1. The predicted molar refractivity (Wildman–Crippen MR) is 65.0 cm³/mol. The van der Waals surface area contributed by atoms with Gasteiger partial charge in [0, 0.05) is 24.3 Å². The molecule has 0 bridgehead atoms. The van der Waals surface area contributed by atoms with Gasteiger partial charge in [0.2, 0.25) is 11.7 Å². The van der Waals surface area contributed by atoms with Gasteiger partial charge >= 0.3 is 0 Å². The van der Waals surface area contributed by atoms with Gasteiger partial charge in [0.1, 0.15) is 0 Å². The van der Waals surface area contributed by atoms with Crippen molar-refractivity contribution < 1.29 is 14.6 Å². The van der Waals surface area contributed by atoms with Crippen LogP contribution in [0, 0.1) is 10.1 Å². The highest BCUT2D eigenvalue weighted by atomic mass is 16.6. The van der Waals surface area contributed by atoms with Gasteiger partial charge in [0.05, 0.1) is 11.0 Å². The number of non-ortho nitro benzene ring substituents is 1. The maximum atomic E-state index is 10.7. The van der Waals surface area contributed by atoms with Crippen molar-refractivity contribution in [3.05, 3.63) is 40.3 Å². The topological polar surface area (TPSA) is 128 Å². The minimum absolute atomic E-state index is 0.0523. The third kappa shape index (κ3) is 2.92. The maximum Gasteiger partial charge on any atom is 0.270 e. The molecule has 0 saturated carbocycles. The fraction of sp³-hybridized carbons (Fsp3) is 0.273. The van der Waals surface area contributed by atoms with Crippen molar-refractivity contribution in [3.8, 4) is 11.4 Å². The van der Waals surface area contributed by atoms with Gasteiger partial charge in [-0.15, -0.1) is 0 Å². The Morgan fingerprint density at radius 1 is 1.53 bits per heavy atom. The van der Waals surface area contributed by atoms with Crippen LogP contribution in [0.4, 0.5) is 5.69 Å². The Balaban J connectivity index is 2.27. The summed E-state index contributed by atoms with van der Waals surface area (Å²) >= 11 is 0. The molecule has 8 heteroatoms. The first-order chi connectivity index (χ1) is 9.11. The van der Waals surface area contributed by atoms with E-state index in [0.29, 0.717) is 12.0 Å². The van der Waals surface area contributed by atoms with Crippen molar-refractivity contribution >= 4 is 5.69 Å². The lowest BCUT2D eigenvalue weighted by Crippen LogP contribution is -2.12. The van der Waals surface area contributed by atoms with E-state index < -0.39 is 11.0 Å². The van der Waals surface area contributed by atoms with Crippen molar-refractivity contribution in [2.45, 2.75) is 12.5 Å². The highest BCUT2D eigenvalue weighted by molar-refractivity contribution is 5.58. The van der Waals surface area contributed by atoms with Gasteiger partial charge in [0.25, 0.3) is 5.69 Å². The Morgan fingerprint density at radius 3 is 3.00 bits per heavy atom. The van der Waals surface area contributed by atoms with Crippen LogP contribution in [0.3, 0.4) is 0 Å². The largest absolute Gasteiger partial charge is 0.396 e. The Labute approximate surface area is 108 Å². The maximum absolute atomic E-state index is 10.7. The number of aliphatic hydroxyl groups excluding tert-OH is 1. The molecule has 100 valence electrons. The van der Waals surface area contributed by atoms with Crippen molar-refractivity contribution in [1.82, 2.24) is 10.1 Å². The number of hydrogen-bond donors (Lipinski definition) is 2. The monoisotopic (exact) mass is 264 g/mol. The van der Waals surface area contributed by atoms with Gasteiger partial charge in [-0.1, -0.05) is 17.3 Å². The molecular weight excluding hydrogens is 252 g/mol. The van der Waals surface area contributed by atoms with E-state index in [4.69, 9.17) is 15.4 Å². The van der Waals surface area contributed by atoms with Crippen LogP contribution in [0.2, 0.25) is 0 Å². The van der Waals surface area contributed by atoms with E-state index in [-0.39, 0.29) is 24.0 Å². The summed E-state index contributed by atoms with van der Waals surface area (Å²) in [5.41, 5.74) is 6.13. The van der Waals surface area contributed by atoms with E-state index >= 15 is 0 Å². The van der Waals surface area contributed by atoms with Crippen LogP contribution in [0.5, 0.6) is 0 Å². The zero-order valence-corrected chi connectivity index (χ0v) is 9.89. The van der Waals surface area contributed by atoms with E-state index in [0.717, 1.165) is 0 Å². The van der Waals surface area contributed by atoms with Gasteiger partial charge in [-0.05, 0) is 6.42 Å². The molecule has 3 N–H and O–H groups in total. The zero-order chi connectivity index (χ0) is 13.8. The lowest BCUT2D eigenvalue weighted by atomic mass is 10.2. The Kier molecular flexibility index (Phi) is 3.83. The van der Waals surface area contributed by atoms with Gasteiger partial charge in [-0.2, -0.15) is 4.98 Å². The van der Waals surface area contributed by atoms with Crippen LogP contribution in [0.1, 0.15) is 18.4 Å². The number of benzene rings is 1. The Bertz CT molecular complexity index is 584. The molecule has 2 aromatic rings. The van der Waals surface area contributed by atoms with Crippen LogP contribution in [0.25, 0.3) is 11.4 Å². The van der Waals surface area contributed by atoms with E-state index in [1.165, 1.54) is 18.2 Å². The molecule has 0 saturated heterocycles. The van der Waals surface area contributed by atoms with E-state index in [1.807, 2.05) is 0 Å². The molecule has 0 aliphatic heterocycles. The summed E-state index contributed by atoms with van der Waals surface area (Å²) in [6.45, 7) is -0.0876. The van der Waals surface area contributed by atoms with Crippen molar-refractivity contribution in [2.24, 2.45) is 5.73 Å². The summed E-state index contributed by atoms with van der Waals surface area (Å²) in [6, 6.07) is 5.36. The van der Waals surface area contributed by atoms with Crippen LogP contribution in [0.15, 0.2) is 28.8 Å². The van der Waals surface area contributed by atoms with Crippen molar-refractivity contribution in [3.63, 3.8) is 0 Å². The van der Waals surface area contributed by atoms with Gasteiger partial charge in [-0.25, -0.2) is 0 Å². The molecule has 0 radical (unpaired) electrons. The predicted octanol–water partition coefficient (Wildman–Crippen LogP) is 1.03. The number of nitrogens with zero attached hydrogens (tertiary/aromatic N) is 3. The van der Waals surface area contributed by atoms with Crippen LogP contribution >= 0.6 is 0 Å². The van der Waals surface area contributed by atoms with E-state index in [9.17, 15) is 10.1 Å². The molecule has 1 atom stereocenters. The molecule has 0 aliphatic rings. The van der Waals surface area contributed by atoms with Crippen LogP contribution in [-0.4, -0.2) is 26.8 Å². The lowest BCUT2D eigenvalue weighted by Gasteiger charge is -2.01. The molecule has 1 aromatic heterocycles. The second-order valence-electron chi connectivity index (χ2n) is 3.88. The van der Waals surface area contributed by atoms with Crippen molar-refractivity contribution in [1.29, 1.82) is 0 Å². The smallest absolute Gasteiger partial charge is 0.270 e. The summed E-state index contributed by atoms with van der Waals surface area (Å²) in [5, 5.41) is 23.2. The second-order valence-corrected chi connectivity index (χ2v) is 3.88. The fourth-order valence-electron chi connectivity index (χ4n) is 1.52. The van der Waals surface area contributed by atoms with Gasteiger partial charge < -0.3 is 15.4 Å². The van der Waals surface area contributed by atoms with E-state index in [1.54, 1.807) is 6.07 Å². The first-order valence-electron chi connectivity index (χ1n) is 5.56. The number of hydrogen-bond acceptors (Lipinski definition) is 7. The molecule has 0 amide bonds. The van der Waals surface area contributed by atoms with Gasteiger partial charge in [-0.3, -0.25) is 10.1 Å². The average Bonchev–Trinajstić information content (AvgIpc) is 2.89. The number of aromatic nitrogens is 2. The fourth-order valence-corrected chi connectivity index (χ4v) is 1.52. The highest BCUT2D eigenvalue weighted by Gasteiger charge is 2.16. The molecule has 0 aliphatic carbocycles. The first kappa shape index (κ1) is 13.1. The van der Waals surface area contributed by atoms with E-state index in [2.05, 4.69) is 10.1 Å². The SMILES string of the molecule is NC(CCO)c1nc(-c2cccc([N+](=O)[O-])c2)no1. The molecular formula is C11H12N4O4. The molecule has 0 fully saturated rings. The Morgan fingerprint density at radius 2 is 2.32 bits per heavy atom. The van der Waals surface area contributed by atoms with Gasteiger partial charge in [0.15, 0.2) is 0 Å². The number of rotatable bonds is 5. The lowest BCUT2D eigenvalue weighted by molar-refractivity contribution is -0.384. The summed E-state index contributed by atoms with van der Waals surface area (Å²) in [5.74, 6) is 0.419. The second kappa shape index (κ2) is 5.55. The van der Waals surface area contributed by atoms with Crippen LogP contribution in [-0.2, 0) is 0 Å². The average molecular weight is 264 g/mol. The number of nitro benzene ring substituents is 1. The van der Waals surface area contributed by atoms with Crippen molar-refractivity contribution in [2.75, 3.05) is 6.61 Å². The number of nitro groups is 1. The molecule has 8 nitrogen and oxygen atoms in total. The quantitative estimate of drug-likeness (QED) is 0.609. The normalized spacial score (nSPS) is 12.3. The number of aliphatic hydroxyl groups is 1. The zero-order valence-electron chi connectivity index (χ0n) is 9.89. The third-order valence-electron chi connectivity index (χ3n) is 2.51. The molecule has 19 heavy (non-hydrogen) atoms. The Hall–Kier alpha value is -2.32. The minimum Gasteiger partial charge on any atom is -0.396 e. The molecule has 1 unspecified atom stereocenters. The first-order valence-corrected chi connectivity index (χ1v) is 5.56. The third-order valence-corrected chi connectivity index (χ3v) is 2.51. The molecule has 1 aromatic carbocycles. The summed E-state index contributed by atoms with van der Waals surface area (Å²) in [6.07, 6.45) is 0.302. The molecule has 1 heterocycles. The summed E-state index contributed by atoms with van der Waals surface area (Å²) in [7, 11) is 0. The summed E-state index contributed by atoms with van der Waals surface area (Å²) in [4.78, 5) is 14.2. The standard InChI is InChI=1S/C11H12N4O4/c12-9(4-5-16)11-13-10(14-19-11)7-2-1-3-8(6-7)15(17)18/h1-3,6,9,16H,4-5,12H2. The summed E-state index contributed by atoms with van der Waals surface area (Å²) < 4.78 is 4.97. The minimum atomic E-state index is -0.551. The highest BCUT2D eigenvalue weighted by Crippen LogP contribution is 2.22. The van der Waals surface area contributed by atoms with Crippen LogP contribution < -0.4 is 5.73 Å².